The van der Waals surface area contributed by atoms with Crippen LogP contribution in [0.15, 0.2) is 72.8 Å². The molecule has 0 aliphatic rings. The van der Waals surface area contributed by atoms with Crippen LogP contribution < -0.4 is 9.47 Å². The zero-order valence-electron chi connectivity index (χ0n) is 12.7. The molecule has 0 saturated heterocycles. The molecule has 23 heavy (non-hydrogen) atoms. The van der Waals surface area contributed by atoms with Crippen molar-refractivity contribution in [3.8, 4) is 17.2 Å². The molecule has 1 aromatic heterocycles. The van der Waals surface area contributed by atoms with E-state index in [9.17, 15) is 0 Å². The number of ether oxygens (including phenoxy) is 2. The second-order valence-electron chi connectivity index (χ2n) is 5.26. The van der Waals surface area contributed by atoms with Gasteiger partial charge in [-0.25, -0.2) is 4.98 Å². The van der Waals surface area contributed by atoms with Crippen LogP contribution in [0.1, 0.15) is 0 Å². The Balaban J connectivity index is 2.02. The van der Waals surface area contributed by atoms with Gasteiger partial charge < -0.3 is 9.47 Å². The maximum Gasteiger partial charge on any atom is 0.146 e. The Hall–Kier alpha value is -3.07. The van der Waals surface area contributed by atoms with Gasteiger partial charge in [-0.3, -0.25) is 0 Å². The molecule has 0 radical (unpaired) electrons. The Bertz CT molecular complexity index is 981. The number of hydrogen-bond acceptors (Lipinski definition) is 3. The lowest BCUT2D eigenvalue weighted by molar-refractivity contribution is 0.415. The van der Waals surface area contributed by atoms with E-state index in [1.807, 2.05) is 72.8 Å². The Labute approximate surface area is 134 Å². The summed E-state index contributed by atoms with van der Waals surface area (Å²) in [5, 5.41) is 1.92. The van der Waals surface area contributed by atoms with Crippen molar-refractivity contribution in [1.29, 1.82) is 0 Å². The lowest BCUT2D eigenvalue weighted by Crippen LogP contribution is -1.92. The molecule has 4 rings (SSSR count). The summed E-state index contributed by atoms with van der Waals surface area (Å²) in [7, 11) is 1.66. The van der Waals surface area contributed by atoms with Crippen LogP contribution in [0.3, 0.4) is 0 Å². The van der Waals surface area contributed by atoms with E-state index in [1.165, 1.54) is 0 Å². The first kappa shape index (κ1) is 13.6. The van der Waals surface area contributed by atoms with Gasteiger partial charge in [-0.2, -0.15) is 0 Å². The van der Waals surface area contributed by atoms with Crippen LogP contribution in [0, 0.1) is 0 Å². The lowest BCUT2D eigenvalue weighted by Gasteiger charge is -2.13. The Morgan fingerprint density at radius 3 is 2.26 bits per heavy atom. The predicted molar refractivity (Wildman–Crippen MR) is 92.3 cm³/mol. The molecule has 0 unspecified atom stereocenters. The normalized spacial score (nSPS) is 10.8. The first-order valence-corrected chi connectivity index (χ1v) is 7.44. The van der Waals surface area contributed by atoms with Crippen molar-refractivity contribution < 1.29 is 9.47 Å². The molecule has 0 spiro atoms. The quantitative estimate of drug-likeness (QED) is 0.488. The highest BCUT2D eigenvalue weighted by atomic mass is 16.5. The molecule has 0 fully saturated rings. The summed E-state index contributed by atoms with van der Waals surface area (Å²) in [5.74, 6) is 2.39. The summed E-state index contributed by atoms with van der Waals surface area (Å²) in [6.45, 7) is 0. The molecule has 0 atom stereocenters. The molecule has 3 aromatic carbocycles. The fourth-order valence-electron chi connectivity index (χ4n) is 2.68. The summed E-state index contributed by atoms with van der Waals surface area (Å²) in [5.41, 5.74) is 1.80. The highest BCUT2D eigenvalue weighted by Crippen LogP contribution is 2.37. The van der Waals surface area contributed by atoms with Crippen molar-refractivity contribution in [2.45, 2.75) is 0 Å². The molecular formula is C20H15NO2. The molecule has 1 heterocycles. The number of hydrogen-bond donors (Lipinski definition) is 0. The van der Waals surface area contributed by atoms with Crippen LogP contribution in [-0.4, -0.2) is 12.1 Å². The van der Waals surface area contributed by atoms with Gasteiger partial charge in [0.15, 0.2) is 0 Å². The van der Waals surface area contributed by atoms with E-state index in [0.717, 1.165) is 39.1 Å². The molecule has 0 saturated carbocycles. The van der Waals surface area contributed by atoms with Gasteiger partial charge >= 0.3 is 0 Å². The smallest absolute Gasteiger partial charge is 0.146 e. The summed E-state index contributed by atoms with van der Waals surface area (Å²) >= 11 is 0. The molecule has 112 valence electrons. The Kier molecular flexibility index (Phi) is 3.31. The third-order valence-electron chi connectivity index (χ3n) is 3.80. The maximum atomic E-state index is 6.21. The zero-order valence-corrected chi connectivity index (χ0v) is 12.7. The summed E-state index contributed by atoms with van der Waals surface area (Å²) in [6.07, 6.45) is 0. The average molecular weight is 301 g/mol. The molecule has 0 bridgehead atoms. The monoisotopic (exact) mass is 301 g/mol. The highest BCUT2D eigenvalue weighted by molar-refractivity contribution is 6.01. The standard InChI is InChI=1S/C20H15NO2/c1-22-15-11-12-19-17(13-15)20(23-14-7-3-2-4-8-14)16-9-5-6-10-18(16)21-19/h2-13H,1H3. The van der Waals surface area contributed by atoms with Crippen molar-refractivity contribution in [2.24, 2.45) is 0 Å². The minimum absolute atomic E-state index is 0.785. The molecule has 4 aromatic rings. The third kappa shape index (κ3) is 2.46. The van der Waals surface area contributed by atoms with Crippen molar-refractivity contribution in [3.05, 3.63) is 72.8 Å². The summed E-state index contributed by atoms with van der Waals surface area (Å²) in [6, 6.07) is 23.6. The van der Waals surface area contributed by atoms with Crippen LogP contribution in [-0.2, 0) is 0 Å². The lowest BCUT2D eigenvalue weighted by atomic mass is 10.1. The summed E-state index contributed by atoms with van der Waals surface area (Å²) in [4.78, 5) is 4.72. The fourth-order valence-corrected chi connectivity index (χ4v) is 2.68. The molecule has 0 amide bonds. The SMILES string of the molecule is COc1ccc2nc3ccccc3c(Oc3ccccc3)c2c1. The first-order valence-electron chi connectivity index (χ1n) is 7.44. The summed E-state index contributed by atoms with van der Waals surface area (Å²) < 4.78 is 11.6. The number of rotatable bonds is 3. The van der Waals surface area contributed by atoms with E-state index in [1.54, 1.807) is 7.11 Å². The largest absolute Gasteiger partial charge is 0.497 e. The van der Waals surface area contributed by atoms with Crippen LogP contribution in [0.5, 0.6) is 17.2 Å². The number of fused-ring (bicyclic) bond motifs is 2. The number of pyridine rings is 1. The van der Waals surface area contributed by atoms with Gasteiger partial charge in [0.25, 0.3) is 0 Å². The van der Waals surface area contributed by atoms with Gasteiger partial charge in [0.2, 0.25) is 0 Å². The van der Waals surface area contributed by atoms with E-state index >= 15 is 0 Å². The van der Waals surface area contributed by atoms with Crippen molar-refractivity contribution in [3.63, 3.8) is 0 Å². The minimum atomic E-state index is 0.785. The fraction of sp³-hybridized carbons (Fsp3) is 0.0500. The number of aromatic nitrogens is 1. The number of para-hydroxylation sites is 2. The van der Waals surface area contributed by atoms with E-state index in [4.69, 9.17) is 14.5 Å². The van der Waals surface area contributed by atoms with E-state index in [-0.39, 0.29) is 0 Å². The topological polar surface area (TPSA) is 31.4 Å². The molecule has 3 nitrogen and oxygen atoms in total. The third-order valence-corrected chi connectivity index (χ3v) is 3.80. The molecular weight excluding hydrogens is 286 g/mol. The maximum absolute atomic E-state index is 6.21. The van der Waals surface area contributed by atoms with Crippen molar-refractivity contribution in [1.82, 2.24) is 4.98 Å². The van der Waals surface area contributed by atoms with Gasteiger partial charge in [0, 0.05) is 10.8 Å². The Morgan fingerprint density at radius 2 is 1.43 bits per heavy atom. The van der Waals surface area contributed by atoms with Gasteiger partial charge in [-0.15, -0.1) is 0 Å². The number of methoxy groups -OCH3 is 1. The van der Waals surface area contributed by atoms with Crippen molar-refractivity contribution >= 4 is 21.8 Å². The van der Waals surface area contributed by atoms with Crippen LogP contribution in [0.2, 0.25) is 0 Å². The van der Waals surface area contributed by atoms with Crippen LogP contribution >= 0.6 is 0 Å². The van der Waals surface area contributed by atoms with Gasteiger partial charge in [0.1, 0.15) is 17.2 Å². The molecule has 0 aliphatic carbocycles. The molecule has 3 heteroatoms. The number of nitrogens with zero attached hydrogens (tertiary/aromatic N) is 1. The van der Waals surface area contributed by atoms with Crippen molar-refractivity contribution in [2.75, 3.05) is 7.11 Å². The molecule has 0 N–H and O–H groups in total. The van der Waals surface area contributed by atoms with Crippen LogP contribution in [0.25, 0.3) is 21.8 Å². The Morgan fingerprint density at radius 1 is 0.696 bits per heavy atom. The average Bonchev–Trinajstić information content (AvgIpc) is 2.62. The van der Waals surface area contributed by atoms with Gasteiger partial charge in [-0.1, -0.05) is 30.3 Å². The molecule has 0 aliphatic heterocycles. The van der Waals surface area contributed by atoms with E-state index < -0.39 is 0 Å². The zero-order chi connectivity index (χ0) is 15.6. The first-order chi connectivity index (χ1) is 11.3. The van der Waals surface area contributed by atoms with Crippen LogP contribution in [0.4, 0.5) is 0 Å². The second-order valence-corrected chi connectivity index (χ2v) is 5.26. The number of benzene rings is 3. The van der Waals surface area contributed by atoms with Gasteiger partial charge in [0.05, 0.1) is 18.1 Å². The predicted octanol–water partition coefficient (Wildman–Crippen LogP) is 5.19. The highest BCUT2D eigenvalue weighted by Gasteiger charge is 2.12. The van der Waals surface area contributed by atoms with E-state index in [2.05, 4.69) is 0 Å². The minimum Gasteiger partial charge on any atom is -0.497 e. The van der Waals surface area contributed by atoms with E-state index in [0.29, 0.717) is 0 Å². The van der Waals surface area contributed by atoms with Gasteiger partial charge in [-0.05, 0) is 42.5 Å². The second kappa shape index (κ2) is 5.61.